The molecule has 0 fully saturated rings. The van der Waals surface area contributed by atoms with Gasteiger partial charge in [0, 0.05) is 24.7 Å². The minimum atomic E-state index is -0.166. The summed E-state index contributed by atoms with van der Waals surface area (Å²) in [5.41, 5.74) is 4.75. The molecule has 0 saturated carbocycles. The number of rotatable bonds is 2. The first-order valence-electron chi connectivity index (χ1n) is 7.08. The van der Waals surface area contributed by atoms with Crippen molar-refractivity contribution in [2.75, 3.05) is 7.05 Å². The van der Waals surface area contributed by atoms with E-state index in [0.29, 0.717) is 12.0 Å². The second-order valence-corrected chi connectivity index (χ2v) is 5.45. The molecule has 0 spiro atoms. The molecule has 0 amide bonds. The van der Waals surface area contributed by atoms with Crippen LogP contribution in [0.25, 0.3) is 0 Å². The van der Waals surface area contributed by atoms with Crippen molar-refractivity contribution in [1.82, 2.24) is 0 Å². The molecule has 1 atom stereocenters. The van der Waals surface area contributed by atoms with Gasteiger partial charge in [-0.05, 0) is 48.7 Å². The van der Waals surface area contributed by atoms with E-state index in [1.807, 2.05) is 25.1 Å². The number of halogens is 1. The van der Waals surface area contributed by atoms with E-state index in [-0.39, 0.29) is 11.9 Å². The summed E-state index contributed by atoms with van der Waals surface area (Å²) < 4.78 is 19.6. The van der Waals surface area contributed by atoms with Crippen LogP contribution in [0, 0.1) is 12.7 Å². The molecule has 0 N–H and O–H groups in total. The first kappa shape index (κ1) is 13.8. The summed E-state index contributed by atoms with van der Waals surface area (Å²) in [5.74, 6) is 0.630. The first-order chi connectivity index (χ1) is 10.1. The summed E-state index contributed by atoms with van der Waals surface area (Å²) in [7, 11) is 1.79. The molecule has 0 aliphatic carbocycles. The molecule has 0 bridgehead atoms. The van der Waals surface area contributed by atoms with Crippen molar-refractivity contribution in [3.63, 3.8) is 0 Å². The predicted molar refractivity (Wildman–Crippen MR) is 82.8 cm³/mol. The zero-order chi connectivity index (χ0) is 15.0. The van der Waals surface area contributed by atoms with E-state index in [2.05, 4.69) is 11.1 Å². The molecule has 1 aliphatic heterocycles. The van der Waals surface area contributed by atoms with E-state index in [4.69, 9.17) is 4.74 Å². The van der Waals surface area contributed by atoms with Gasteiger partial charge in [-0.2, -0.15) is 0 Å². The first-order valence-corrected chi connectivity index (χ1v) is 7.08. The number of hydrogen-bond donors (Lipinski definition) is 0. The van der Waals surface area contributed by atoms with Gasteiger partial charge in [0.25, 0.3) is 0 Å². The van der Waals surface area contributed by atoms with Crippen molar-refractivity contribution in [2.24, 2.45) is 4.99 Å². The van der Waals surface area contributed by atoms with Gasteiger partial charge in [0.2, 0.25) is 0 Å². The van der Waals surface area contributed by atoms with Crippen LogP contribution in [0.5, 0.6) is 5.75 Å². The fourth-order valence-electron chi connectivity index (χ4n) is 2.64. The third kappa shape index (κ3) is 2.56. The number of aliphatic imine (C=N–C) groups is 1. The molecule has 3 heteroatoms. The van der Waals surface area contributed by atoms with Crippen molar-refractivity contribution < 1.29 is 9.13 Å². The van der Waals surface area contributed by atoms with Crippen LogP contribution in [-0.2, 0) is 6.42 Å². The third-order valence-electron chi connectivity index (χ3n) is 4.03. The van der Waals surface area contributed by atoms with Gasteiger partial charge >= 0.3 is 0 Å². The van der Waals surface area contributed by atoms with Crippen LogP contribution in [0.3, 0.4) is 0 Å². The third-order valence-corrected chi connectivity index (χ3v) is 4.03. The predicted octanol–water partition coefficient (Wildman–Crippen LogP) is 4.25. The maximum absolute atomic E-state index is 13.6. The lowest BCUT2D eigenvalue weighted by Crippen LogP contribution is -2.05. The van der Waals surface area contributed by atoms with Crippen LogP contribution >= 0.6 is 0 Å². The van der Waals surface area contributed by atoms with E-state index in [1.54, 1.807) is 26.1 Å². The fourth-order valence-corrected chi connectivity index (χ4v) is 2.64. The molecule has 3 rings (SSSR count). The Morgan fingerprint density at radius 2 is 2.10 bits per heavy atom. The van der Waals surface area contributed by atoms with Gasteiger partial charge in [-0.3, -0.25) is 4.99 Å². The molecular weight excluding hydrogens is 265 g/mol. The maximum atomic E-state index is 13.6. The highest BCUT2D eigenvalue weighted by atomic mass is 19.1. The minimum Gasteiger partial charge on any atom is -0.485 e. The minimum absolute atomic E-state index is 0.0502. The summed E-state index contributed by atoms with van der Waals surface area (Å²) in [6.45, 7) is 3.75. The molecule has 2 aromatic rings. The normalized spacial score (nSPS) is 17.5. The molecule has 21 heavy (non-hydrogen) atoms. The Hall–Kier alpha value is -2.16. The lowest BCUT2D eigenvalue weighted by Gasteiger charge is -2.12. The number of benzene rings is 2. The summed E-state index contributed by atoms with van der Waals surface area (Å²) >= 11 is 0. The molecule has 2 nitrogen and oxygen atoms in total. The molecule has 1 unspecified atom stereocenters. The monoisotopic (exact) mass is 283 g/mol. The molecule has 0 aromatic heterocycles. The Balaban J connectivity index is 1.91. The highest BCUT2D eigenvalue weighted by Gasteiger charge is 2.25. The van der Waals surface area contributed by atoms with E-state index in [1.165, 1.54) is 0 Å². The summed E-state index contributed by atoms with van der Waals surface area (Å²) in [6.07, 6.45) is 0.656. The van der Waals surface area contributed by atoms with E-state index >= 15 is 0 Å². The zero-order valence-electron chi connectivity index (χ0n) is 12.5. The summed E-state index contributed by atoms with van der Waals surface area (Å²) in [5, 5.41) is 0. The van der Waals surface area contributed by atoms with Gasteiger partial charge in [-0.15, -0.1) is 0 Å². The SMILES string of the molecule is CN=C(C)c1cccc(C2Cc3cc(F)c(C)cc3O2)c1. The Bertz CT molecular complexity index is 690. The van der Waals surface area contributed by atoms with Crippen molar-refractivity contribution in [2.45, 2.75) is 26.4 Å². The number of fused-ring (bicyclic) bond motifs is 1. The number of ether oxygens (including phenoxy) is 1. The van der Waals surface area contributed by atoms with E-state index < -0.39 is 0 Å². The van der Waals surface area contributed by atoms with Gasteiger partial charge < -0.3 is 4.74 Å². The molecule has 2 aromatic carbocycles. The number of aryl methyl sites for hydroxylation is 1. The van der Waals surface area contributed by atoms with Crippen molar-refractivity contribution in [3.8, 4) is 5.75 Å². The quantitative estimate of drug-likeness (QED) is 0.755. The highest BCUT2D eigenvalue weighted by molar-refractivity contribution is 5.98. The fraction of sp³-hybridized carbons (Fsp3) is 0.278. The van der Waals surface area contributed by atoms with Crippen LogP contribution in [0.2, 0.25) is 0 Å². The van der Waals surface area contributed by atoms with Crippen LogP contribution < -0.4 is 4.74 Å². The lowest BCUT2D eigenvalue weighted by atomic mass is 10.00. The molecule has 0 saturated heterocycles. The van der Waals surface area contributed by atoms with Crippen molar-refractivity contribution in [3.05, 3.63) is 64.5 Å². The average Bonchev–Trinajstić information content (AvgIpc) is 2.90. The number of hydrogen-bond acceptors (Lipinski definition) is 2. The molecular formula is C18H18FNO. The summed E-state index contributed by atoms with van der Waals surface area (Å²) in [4.78, 5) is 4.22. The maximum Gasteiger partial charge on any atom is 0.128 e. The van der Waals surface area contributed by atoms with Gasteiger partial charge in [-0.25, -0.2) is 4.39 Å². The van der Waals surface area contributed by atoms with Gasteiger partial charge in [-0.1, -0.05) is 18.2 Å². The average molecular weight is 283 g/mol. The van der Waals surface area contributed by atoms with Gasteiger partial charge in [0.15, 0.2) is 0 Å². The Labute approximate surface area is 124 Å². The second-order valence-electron chi connectivity index (χ2n) is 5.45. The highest BCUT2D eigenvalue weighted by Crippen LogP contribution is 2.38. The standard InChI is InChI=1S/C18H18FNO/c1-11-7-17-15(9-16(11)19)10-18(21-17)14-6-4-5-13(8-14)12(2)20-3/h4-9,18H,10H2,1-3H3. The smallest absolute Gasteiger partial charge is 0.128 e. The molecule has 1 heterocycles. The molecule has 0 radical (unpaired) electrons. The van der Waals surface area contributed by atoms with Gasteiger partial charge in [0.1, 0.15) is 17.7 Å². The Kier molecular flexibility index (Phi) is 3.50. The van der Waals surface area contributed by atoms with Crippen LogP contribution in [0.15, 0.2) is 41.4 Å². The number of nitrogens with zero attached hydrogens (tertiary/aromatic N) is 1. The van der Waals surface area contributed by atoms with E-state index in [0.717, 1.165) is 28.2 Å². The van der Waals surface area contributed by atoms with Crippen molar-refractivity contribution in [1.29, 1.82) is 0 Å². The Morgan fingerprint density at radius 3 is 2.86 bits per heavy atom. The molecule has 108 valence electrons. The van der Waals surface area contributed by atoms with Gasteiger partial charge in [0.05, 0.1) is 0 Å². The largest absolute Gasteiger partial charge is 0.485 e. The lowest BCUT2D eigenvalue weighted by molar-refractivity contribution is 0.238. The van der Waals surface area contributed by atoms with Crippen LogP contribution in [-0.4, -0.2) is 12.8 Å². The zero-order valence-corrected chi connectivity index (χ0v) is 12.5. The van der Waals surface area contributed by atoms with Crippen molar-refractivity contribution >= 4 is 5.71 Å². The second kappa shape index (κ2) is 5.32. The van der Waals surface area contributed by atoms with Crippen LogP contribution in [0.4, 0.5) is 4.39 Å². The molecule has 1 aliphatic rings. The van der Waals surface area contributed by atoms with Crippen LogP contribution in [0.1, 0.15) is 35.3 Å². The summed E-state index contributed by atoms with van der Waals surface area (Å²) in [6, 6.07) is 11.6. The van der Waals surface area contributed by atoms with E-state index in [9.17, 15) is 4.39 Å². The Morgan fingerprint density at radius 1 is 1.29 bits per heavy atom. The topological polar surface area (TPSA) is 21.6 Å².